The normalized spacial score (nSPS) is 11.3. The SMILES string of the molecule is COc1cccc(NC(=O)C(OC(=O)CCOc2ccccc2C)c2ccccc2)c1. The van der Waals surface area contributed by atoms with Crippen molar-refractivity contribution < 1.29 is 23.8 Å². The fourth-order valence-electron chi connectivity index (χ4n) is 2.96. The van der Waals surface area contributed by atoms with Gasteiger partial charge in [-0.05, 0) is 30.7 Å². The van der Waals surface area contributed by atoms with Crippen LogP contribution in [0.15, 0.2) is 78.9 Å². The maximum absolute atomic E-state index is 12.9. The van der Waals surface area contributed by atoms with E-state index in [2.05, 4.69) is 5.32 Å². The monoisotopic (exact) mass is 419 g/mol. The molecule has 0 heterocycles. The number of carbonyl (C=O) groups excluding carboxylic acids is 2. The van der Waals surface area contributed by atoms with Crippen molar-refractivity contribution in [3.63, 3.8) is 0 Å². The van der Waals surface area contributed by atoms with Crippen LogP contribution in [-0.2, 0) is 14.3 Å². The Kier molecular flexibility index (Phi) is 7.65. The molecule has 0 aromatic heterocycles. The summed E-state index contributed by atoms with van der Waals surface area (Å²) < 4.78 is 16.4. The third-order valence-corrected chi connectivity index (χ3v) is 4.58. The fourth-order valence-corrected chi connectivity index (χ4v) is 2.96. The molecule has 31 heavy (non-hydrogen) atoms. The number of rotatable bonds is 9. The van der Waals surface area contributed by atoms with Gasteiger partial charge in [-0.25, -0.2) is 0 Å². The quantitative estimate of drug-likeness (QED) is 0.509. The molecule has 0 aliphatic heterocycles. The summed E-state index contributed by atoms with van der Waals surface area (Å²) >= 11 is 0. The molecule has 0 saturated carbocycles. The molecule has 6 nitrogen and oxygen atoms in total. The number of benzene rings is 3. The van der Waals surface area contributed by atoms with Crippen molar-refractivity contribution in [2.75, 3.05) is 19.0 Å². The van der Waals surface area contributed by atoms with Crippen LogP contribution in [0.3, 0.4) is 0 Å². The van der Waals surface area contributed by atoms with E-state index in [0.29, 0.717) is 22.7 Å². The average molecular weight is 419 g/mol. The van der Waals surface area contributed by atoms with Gasteiger partial charge in [-0.3, -0.25) is 9.59 Å². The zero-order valence-electron chi connectivity index (χ0n) is 17.5. The lowest BCUT2D eigenvalue weighted by Gasteiger charge is -2.18. The van der Waals surface area contributed by atoms with Crippen LogP contribution in [0.2, 0.25) is 0 Å². The molecule has 3 aromatic carbocycles. The Bertz CT molecular complexity index is 1020. The number of ether oxygens (including phenoxy) is 3. The lowest BCUT2D eigenvalue weighted by molar-refractivity contribution is -0.155. The number of anilines is 1. The van der Waals surface area contributed by atoms with Gasteiger partial charge in [0.15, 0.2) is 0 Å². The molecular weight excluding hydrogens is 394 g/mol. The molecule has 1 N–H and O–H groups in total. The second-order valence-corrected chi connectivity index (χ2v) is 6.87. The third-order valence-electron chi connectivity index (χ3n) is 4.58. The van der Waals surface area contributed by atoms with Crippen LogP contribution in [0.4, 0.5) is 5.69 Å². The Morgan fingerprint density at radius 3 is 2.42 bits per heavy atom. The Balaban J connectivity index is 1.65. The first kappa shape index (κ1) is 21.9. The van der Waals surface area contributed by atoms with Crippen LogP contribution in [-0.4, -0.2) is 25.6 Å². The Hall–Kier alpha value is -3.80. The molecule has 3 aromatic rings. The maximum atomic E-state index is 12.9. The van der Waals surface area contributed by atoms with Crippen molar-refractivity contribution in [1.29, 1.82) is 0 Å². The molecule has 0 aliphatic rings. The molecule has 160 valence electrons. The van der Waals surface area contributed by atoms with Crippen LogP contribution in [0.5, 0.6) is 11.5 Å². The molecule has 1 atom stereocenters. The first-order valence-electron chi connectivity index (χ1n) is 9.94. The van der Waals surface area contributed by atoms with E-state index in [0.717, 1.165) is 5.56 Å². The van der Waals surface area contributed by atoms with Crippen molar-refractivity contribution in [2.24, 2.45) is 0 Å². The van der Waals surface area contributed by atoms with E-state index in [-0.39, 0.29) is 13.0 Å². The summed E-state index contributed by atoms with van der Waals surface area (Å²) in [5, 5.41) is 2.78. The summed E-state index contributed by atoms with van der Waals surface area (Å²) in [5.41, 5.74) is 2.11. The third kappa shape index (κ3) is 6.34. The number of carbonyl (C=O) groups is 2. The summed E-state index contributed by atoms with van der Waals surface area (Å²) in [6.45, 7) is 2.09. The van der Waals surface area contributed by atoms with Crippen LogP contribution < -0.4 is 14.8 Å². The van der Waals surface area contributed by atoms with E-state index < -0.39 is 18.0 Å². The van der Waals surface area contributed by atoms with Crippen LogP contribution >= 0.6 is 0 Å². The van der Waals surface area contributed by atoms with Crippen LogP contribution in [0.1, 0.15) is 23.7 Å². The van der Waals surface area contributed by atoms with E-state index in [1.54, 1.807) is 55.6 Å². The largest absolute Gasteiger partial charge is 0.497 e. The van der Waals surface area contributed by atoms with Crippen molar-refractivity contribution in [3.8, 4) is 11.5 Å². The summed E-state index contributed by atoms with van der Waals surface area (Å²) in [5.74, 6) is 0.348. The second kappa shape index (κ2) is 10.8. The van der Waals surface area contributed by atoms with Gasteiger partial charge in [-0.15, -0.1) is 0 Å². The van der Waals surface area contributed by atoms with Crippen molar-refractivity contribution in [2.45, 2.75) is 19.4 Å². The van der Waals surface area contributed by atoms with Gasteiger partial charge in [-0.1, -0.05) is 54.6 Å². The minimum Gasteiger partial charge on any atom is -0.497 e. The van der Waals surface area contributed by atoms with Gasteiger partial charge < -0.3 is 19.5 Å². The Morgan fingerprint density at radius 1 is 0.935 bits per heavy atom. The van der Waals surface area contributed by atoms with Gasteiger partial charge >= 0.3 is 5.97 Å². The fraction of sp³-hybridized carbons (Fsp3) is 0.200. The lowest BCUT2D eigenvalue weighted by atomic mass is 10.1. The summed E-state index contributed by atoms with van der Waals surface area (Å²) in [7, 11) is 1.55. The standard InChI is InChI=1S/C25H25NO5/c1-18-9-6-7-14-22(18)30-16-15-23(27)31-24(19-10-4-3-5-11-19)25(28)26-20-12-8-13-21(17-20)29-2/h3-14,17,24H,15-16H2,1-2H3,(H,26,28). The molecule has 1 unspecified atom stereocenters. The Morgan fingerprint density at radius 2 is 1.68 bits per heavy atom. The highest BCUT2D eigenvalue weighted by Gasteiger charge is 2.25. The number of nitrogens with one attached hydrogen (secondary N) is 1. The van der Waals surface area contributed by atoms with E-state index in [1.165, 1.54) is 0 Å². The number of methoxy groups -OCH3 is 1. The maximum Gasteiger partial charge on any atom is 0.310 e. The average Bonchev–Trinajstić information content (AvgIpc) is 2.79. The van der Waals surface area contributed by atoms with Crippen molar-refractivity contribution in [1.82, 2.24) is 0 Å². The topological polar surface area (TPSA) is 73.9 Å². The number of amides is 1. The van der Waals surface area contributed by atoms with Crippen molar-refractivity contribution >= 4 is 17.6 Å². The molecule has 0 fully saturated rings. The van der Waals surface area contributed by atoms with Crippen molar-refractivity contribution in [3.05, 3.63) is 90.0 Å². The Labute approximate surface area is 181 Å². The van der Waals surface area contributed by atoms with Crippen LogP contribution in [0, 0.1) is 6.92 Å². The van der Waals surface area contributed by atoms with E-state index in [4.69, 9.17) is 14.2 Å². The smallest absolute Gasteiger partial charge is 0.310 e. The predicted octanol–water partition coefficient (Wildman–Crippen LogP) is 4.70. The zero-order chi connectivity index (χ0) is 22.1. The van der Waals surface area contributed by atoms with Gasteiger partial charge in [0.05, 0.1) is 20.1 Å². The van der Waals surface area contributed by atoms with E-state index >= 15 is 0 Å². The van der Waals surface area contributed by atoms with Crippen LogP contribution in [0.25, 0.3) is 0 Å². The van der Waals surface area contributed by atoms with Gasteiger partial charge in [-0.2, -0.15) is 0 Å². The highest BCUT2D eigenvalue weighted by Crippen LogP contribution is 2.23. The molecule has 3 rings (SSSR count). The minimum absolute atomic E-state index is 0.0180. The molecule has 0 bridgehead atoms. The summed E-state index contributed by atoms with van der Waals surface area (Å²) in [4.78, 5) is 25.4. The number of esters is 1. The van der Waals surface area contributed by atoms with Gasteiger partial charge in [0.2, 0.25) is 6.10 Å². The van der Waals surface area contributed by atoms with Gasteiger partial charge in [0, 0.05) is 17.3 Å². The molecule has 0 spiro atoms. The predicted molar refractivity (Wildman–Crippen MR) is 118 cm³/mol. The second-order valence-electron chi connectivity index (χ2n) is 6.87. The van der Waals surface area contributed by atoms with E-state index in [9.17, 15) is 9.59 Å². The molecule has 0 saturated heterocycles. The summed E-state index contributed by atoms with van der Waals surface area (Å²) in [6, 6.07) is 23.4. The number of aryl methyl sites for hydroxylation is 1. The highest BCUT2D eigenvalue weighted by atomic mass is 16.6. The highest BCUT2D eigenvalue weighted by molar-refractivity contribution is 5.96. The molecular formula is C25H25NO5. The zero-order valence-corrected chi connectivity index (χ0v) is 17.5. The number of para-hydroxylation sites is 1. The van der Waals surface area contributed by atoms with Gasteiger partial charge in [0.25, 0.3) is 5.91 Å². The molecule has 0 radical (unpaired) electrons. The molecule has 1 amide bonds. The minimum atomic E-state index is -1.08. The van der Waals surface area contributed by atoms with E-state index in [1.807, 2.05) is 37.3 Å². The molecule has 6 heteroatoms. The van der Waals surface area contributed by atoms with Gasteiger partial charge in [0.1, 0.15) is 11.5 Å². The number of hydrogen-bond acceptors (Lipinski definition) is 5. The lowest BCUT2D eigenvalue weighted by Crippen LogP contribution is -2.26. The number of hydrogen-bond donors (Lipinski definition) is 1. The molecule has 0 aliphatic carbocycles. The first-order chi connectivity index (χ1) is 15.1. The summed E-state index contributed by atoms with van der Waals surface area (Å²) in [6.07, 6.45) is -1.07. The first-order valence-corrected chi connectivity index (χ1v) is 9.94.